The molecule has 1 saturated heterocycles. The van der Waals surface area contributed by atoms with Crippen molar-refractivity contribution in [1.29, 1.82) is 0 Å². The van der Waals surface area contributed by atoms with Gasteiger partial charge in [0.05, 0.1) is 17.1 Å². The number of nitrogens with zero attached hydrogens (tertiary/aromatic N) is 3. The normalized spacial score (nSPS) is 24.5. The van der Waals surface area contributed by atoms with E-state index in [-0.39, 0.29) is 12.0 Å². The van der Waals surface area contributed by atoms with E-state index in [1.807, 2.05) is 18.2 Å². The molecule has 0 N–H and O–H groups in total. The van der Waals surface area contributed by atoms with Crippen molar-refractivity contribution in [3.05, 3.63) is 42.2 Å². The molecule has 0 bridgehead atoms. The quantitative estimate of drug-likeness (QED) is 0.795. The van der Waals surface area contributed by atoms with Gasteiger partial charge in [-0.25, -0.2) is 4.98 Å². The van der Waals surface area contributed by atoms with E-state index in [4.69, 9.17) is 4.98 Å². The number of hydrogen-bond acceptors (Lipinski definition) is 2. The number of para-hydroxylation sites is 2. The Morgan fingerprint density at radius 2 is 2.09 bits per heavy atom. The van der Waals surface area contributed by atoms with E-state index in [2.05, 4.69) is 34.7 Å². The monoisotopic (exact) mass is 309 g/mol. The number of likely N-dealkylation sites (tertiary alicyclic amines) is 1. The van der Waals surface area contributed by atoms with Crippen LogP contribution in [0.5, 0.6) is 0 Å². The molecule has 4 nitrogen and oxygen atoms in total. The largest absolute Gasteiger partial charge is 0.332 e. The maximum absolute atomic E-state index is 13.0. The highest BCUT2D eigenvalue weighted by Gasteiger charge is 2.36. The van der Waals surface area contributed by atoms with Crippen LogP contribution >= 0.6 is 0 Å². The number of aryl methyl sites for hydroxylation is 1. The molecule has 2 heterocycles. The van der Waals surface area contributed by atoms with E-state index in [0.717, 1.165) is 55.5 Å². The molecule has 2 aromatic rings. The highest BCUT2D eigenvalue weighted by Crippen LogP contribution is 2.35. The maximum Gasteiger partial charge on any atom is 0.226 e. The summed E-state index contributed by atoms with van der Waals surface area (Å²) in [5.41, 5.74) is 2.16. The van der Waals surface area contributed by atoms with Crippen LogP contribution in [-0.4, -0.2) is 26.9 Å². The van der Waals surface area contributed by atoms with Gasteiger partial charge >= 0.3 is 0 Å². The van der Waals surface area contributed by atoms with Crippen LogP contribution in [0.3, 0.4) is 0 Å². The van der Waals surface area contributed by atoms with Crippen molar-refractivity contribution in [3.8, 4) is 0 Å². The fourth-order valence-electron chi connectivity index (χ4n) is 4.01. The van der Waals surface area contributed by atoms with E-state index in [9.17, 15) is 4.79 Å². The number of hydrogen-bond donors (Lipinski definition) is 0. The summed E-state index contributed by atoms with van der Waals surface area (Å²) in [5.74, 6) is 1.52. The Hall–Kier alpha value is -2.10. The van der Waals surface area contributed by atoms with Crippen LogP contribution in [0, 0.1) is 5.92 Å². The predicted molar refractivity (Wildman–Crippen MR) is 90.9 cm³/mol. The van der Waals surface area contributed by atoms with Gasteiger partial charge in [-0.05, 0) is 44.2 Å². The number of carbonyl (C=O) groups excluding carboxylic acids is 1. The molecule has 0 radical (unpaired) electrons. The van der Waals surface area contributed by atoms with Crippen molar-refractivity contribution in [2.45, 2.75) is 38.1 Å². The maximum atomic E-state index is 13.0. The van der Waals surface area contributed by atoms with E-state index in [1.54, 1.807) is 0 Å². The van der Waals surface area contributed by atoms with Gasteiger partial charge in [-0.3, -0.25) is 4.79 Å². The van der Waals surface area contributed by atoms with E-state index in [1.165, 1.54) is 0 Å². The molecule has 120 valence electrons. The fourth-order valence-corrected chi connectivity index (χ4v) is 4.01. The van der Waals surface area contributed by atoms with Crippen molar-refractivity contribution in [2.24, 2.45) is 13.0 Å². The molecule has 1 aromatic carbocycles. The lowest BCUT2D eigenvalue weighted by atomic mass is 9.93. The number of carbonyl (C=O) groups is 1. The Morgan fingerprint density at radius 3 is 2.87 bits per heavy atom. The first kappa shape index (κ1) is 14.5. The van der Waals surface area contributed by atoms with Gasteiger partial charge in [-0.15, -0.1) is 0 Å². The Morgan fingerprint density at radius 1 is 1.22 bits per heavy atom. The lowest BCUT2D eigenvalue weighted by molar-refractivity contribution is -0.136. The molecule has 2 atom stereocenters. The summed E-state index contributed by atoms with van der Waals surface area (Å²) >= 11 is 0. The Kier molecular flexibility index (Phi) is 3.68. The van der Waals surface area contributed by atoms with Gasteiger partial charge in [0.25, 0.3) is 0 Å². The van der Waals surface area contributed by atoms with E-state index in [0.29, 0.717) is 5.91 Å². The van der Waals surface area contributed by atoms with Gasteiger partial charge in [0, 0.05) is 19.5 Å². The second kappa shape index (κ2) is 5.84. The van der Waals surface area contributed by atoms with Crippen LogP contribution in [0.2, 0.25) is 0 Å². The third kappa shape index (κ3) is 2.46. The van der Waals surface area contributed by atoms with Crippen LogP contribution in [0.25, 0.3) is 11.0 Å². The van der Waals surface area contributed by atoms with E-state index < -0.39 is 0 Å². The lowest BCUT2D eigenvalue weighted by Crippen LogP contribution is -2.36. The second-order valence-corrected chi connectivity index (χ2v) is 6.69. The van der Waals surface area contributed by atoms with Crippen molar-refractivity contribution >= 4 is 16.9 Å². The first-order valence-corrected chi connectivity index (χ1v) is 8.62. The summed E-state index contributed by atoms with van der Waals surface area (Å²) in [5, 5.41) is 0. The number of imidazole rings is 1. The van der Waals surface area contributed by atoms with Gasteiger partial charge in [0.1, 0.15) is 5.82 Å². The number of aromatic nitrogens is 2. The minimum atomic E-state index is 0.130. The summed E-state index contributed by atoms with van der Waals surface area (Å²) < 4.78 is 2.16. The van der Waals surface area contributed by atoms with Crippen LogP contribution in [0.1, 0.15) is 44.0 Å². The van der Waals surface area contributed by atoms with Crippen molar-refractivity contribution < 1.29 is 4.79 Å². The van der Waals surface area contributed by atoms with Gasteiger partial charge < -0.3 is 9.47 Å². The molecule has 0 unspecified atom stereocenters. The summed E-state index contributed by atoms with van der Waals surface area (Å²) in [4.78, 5) is 19.9. The number of benzene rings is 1. The van der Waals surface area contributed by atoms with Crippen LogP contribution in [-0.2, 0) is 11.8 Å². The number of amides is 1. The second-order valence-electron chi connectivity index (χ2n) is 6.69. The molecule has 2 aliphatic rings. The summed E-state index contributed by atoms with van der Waals surface area (Å²) in [6.07, 6.45) is 9.35. The molecule has 1 amide bonds. The Balaban J connectivity index is 1.65. The van der Waals surface area contributed by atoms with Gasteiger partial charge in [-0.2, -0.15) is 0 Å². The van der Waals surface area contributed by atoms with Gasteiger partial charge in [-0.1, -0.05) is 24.3 Å². The molecular weight excluding hydrogens is 286 g/mol. The molecule has 0 saturated carbocycles. The van der Waals surface area contributed by atoms with Crippen molar-refractivity contribution in [2.75, 3.05) is 6.54 Å². The molecule has 1 aliphatic carbocycles. The van der Waals surface area contributed by atoms with Crippen molar-refractivity contribution in [3.63, 3.8) is 0 Å². The van der Waals surface area contributed by atoms with Crippen molar-refractivity contribution in [1.82, 2.24) is 14.5 Å². The summed E-state index contributed by atoms with van der Waals surface area (Å²) in [6.45, 7) is 0.868. The standard InChI is InChI=1S/C19H23N3O/c1-21-16-11-6-5-10-15(16)20-18(21)17-12-7-13-22(17)19(23)14-8-3-2-4-9-14/h2-3,5-6,10-11,14,17H,4,7-9,12-13H2,1H3/t14-,17-/m0/s1. The van der Waals surface area contributed by atoms with Crippen LogP contribution in [0.15, 0.2) is 36.4 Å². The topological polar surface area (TPSA) is 38.1 Å². The lowest BCUT2D eigenvalue weighted by Gasteiger charge is -2.29. The highest BCUT2D eigenvalue weighted by atomic mass is 16.2. The average molecular weight is 309 g/mol. The first-order valence-electron chi connectivity index (χ1n) is 8.62. The van der Waals surface area contributed by atoms with Gasteiger partial charge in [0.2, 0.25) is 5.91 Å². The zero-order valence-electron chi connectivity index (χ0n) is 13.6. The Labute approximate surface area is 136 Å². The Bertz CT molecular complexity index is 761. The highest BCUT2D eigenvalue weighted by molar-refractivity contribution is 5.80. The molecule has 0 spiro atoms. The smallest absolute Gasteiger partial charge is 0.226 e. The average Bonchev–Trinajstić information content (AvgIpc) is 3.20. The summed E-state index contributed by atoms with van der Waals surface area (Å²) in [7, 11) is 2.06. The molecule has 1 fully saturated rings. The van der Waals surface area contributed by atoms with Gasteiger partial charge in [0.15, 0.2) is 0 Å². The first-order chi connectivity index (χ1) is 11.3. The molecule has 1 aromatic heterocycles. The third-order valence-corrected chi connectivity index (χ3v) is 5.27. The number of fused-ring (bicyclic) bond motifs is 1. The minimum absolute atomic E-state index is 0.130. The molecular formula is C19H23N3O. The molecule has 4 rings (SSSR count). The number of allylic oxidation sites excluding steroid dienone is 2. The van der Waals surface area contributed by atoms with Crippen LogP contribution in [0.4, 0.5) is 0 Å². The fraction of sp³-hybridized carbons (Fsp3) is 0.474. The minimum Gasteiger partial charge on any atom is -0.332 e. The van der Waals surface area contributed by atoms with E-state index >= 15 is 0 Å². The molecule has 1 aliphatic heterocycles. The third-order valence-electron chi connectivity index (χ3n) is 5.27. The predicted octanol–water partition coefficient (Wildman–Crippen LogP) is 3.59. The zero-order chi connectivity index (χ0) is 15.8. The molecule has 23 heavy (non-hydrogen) atoms. The SMILES string of the molecule is Cn1c([C@@H]2CCCN2C(=O)[C@H]2CC=CCC2)nc2ccccc21. The zero-order valence-corrected chi connectivity index (χ0v) is 13.6. The summed E-state index contributed by atoms with van der Waals surface area (Å²) in [6, 6.07) is 8.33. The van der Waals surface area contributed by atoms with Crippen LogP contribution < -0.4 is 0 Å². The number of rotatable bonds is 2. The molecule has 4 heteroatoms.